The predicted octanol–water partition coefficient (Wildman–Crippen LogP) is 4.42. The standard InChI is InChI=1S/C15H21ClO2/c1-10(2)13(14(17)18-15(3,4)5)11-6-8-12(16)9-7-11/h6-10,13H,1-5H3. The fraction of sp³-hybridized carbons (Fsp3) is 0.533. The van der Waals surface area contributed by atoms with Gasteiger partial charge in [0.2, 0.25) is 0 Å². The van der Waals surface area contributed by atoms with Crippen LogP contribution in [0.3, 0.4) is 0 Å². The molecule has 3 heteroatoms. The van der Waals surface area contributed by atoms with Crippen molar-refractivity contribution < 1.29 is 9.53 Å². The maximum Gasteiger partial charge on any atom is 0.314 e. The van der Waals surface area contributed by atoms with Crippen molar-refractivity contribution in [1.29, 1.82) is 0 Å². The SMILES string of the molecule is CC(C)C(C(=O)OC(C)(C)C)c1ccc(Cl)cc1. The van der Waals surface area contributed by atoms with E-state index in [0.717, 1.165) is 5.56 Å². The van der Waals surface area contributed by atoms with E-state index in [-0.39, 0.29) is 17.8 Å². The van der Waals surface area contributed by atoms with E-state index in [1.807, 2.05) is 46.8 Å². The van der Waals surface area contributed by atoms with Crippen LogP contribution in [-0.2, 0) is 9.53 Å². The second kappa shape index (κ2) is 5.75. The molecule has 0 aliphatic carbocycles. The molecule has 0 amide bonds. The maximum atomic E-state index is 12.2. The highest BCUT2D eigenvalue weighted by Gasteiger charge is 2.29. The van der Waals surface area contributed by atoms with E-state index in [1.54, 1.807) is 12.1 Å². The Morgan fingerprint density at radius 2 is 1.67 bits per heavy atom. The van der Waals surface area contributed by atoms with Crippen LogP contribution in [0.4, 0.5) is 0 Å². The van der Waals surface area contributed by atoms with E-state index in [2.05, 4.69) is 0 Å². The number of esters is 1. The second-order valence-electron chi connectivity index (χ2n) is 5.81. The van der Waals surface area contributed by atoms with E-state index in [4.69, 9.17) is 16.3 Å². The third kappa shape index (κ3) is 4.34. The van der Waals surface area contributed by atoms with Crippen molar-refractivity contribution in [2.45, 2.75) is 46.1 Å². The highest BCUT2D eigenvalue weighted by Crippen LogP contribution is 2.28. The lowest BCUT2D eigenvalue weighted by Crippen LogP contribution is -2.29. The Labute approximate surface area is 114 Å². The van der Waals surface area contributed by atoms with Crippen molar-refractivity contribution in [2.24, 2.45) is 5.92 Å². The van der Waals surface area contributed by atoms with Crippen LogP contribution in [0.5, 0.6) is 0 Å². The van der Waals surface area contributed by atoms with Gasteiger partial charge in [-0.05, 0) is 44.4 Å². The first-order valence-corrected chi connectivity index (χ1v) is 6.57. The summed E-state index contributed by atoms with van der Waals surface area (Å²) in [6.45, 7) is 9.67. The molecule has 2 nitrogen and oxygen atoms in total. The summed E-state index contributed by atoms with van der Waals surface area (Å²) in [4.78, 5) is 12.2. The minimum Gasteiger partial charge on any atom is -0.459 e. The van der Waals surface area contributed by atoms with Gasteiger partial charge in [0.25, 0.3) is 0 Å². The van der Waals surface area contributed by atoms with Crippen molar-refractivity contribution in [3.05, 3.63) is 34.9 Å². The number of hydrogen-bond acceptors (Lipinski definition) is 2. The molecule has 0 heterocycles. The molecule has 100 valence electrons. The molecule has 0 bridgehead atoms. The molecular weight excluding hydrogens is 248 g/mol. The first kappa shape index (κ1) is 15.0. The molecule has 0 saturated carbocycles. The van der Waals surface area contributed by atoms with Gasteiger partial charge in [0.15, 0.2) is 0 Å². The van der Waals surface area contributed by atoms with E-state index in [9.17, 15) is 4.79 Å². The smallest absolute Gasteiger partial charge is 0.314 e. The summed E-state index contributed by atoms with van der Waals surface area (Å²) in [7, 11) is 0. The number of carbonyl (C=O) groups is 1. The Morgan fingerprint density at radius 1 is 1.17 bits per heavy atom. The molecule has 1 aromatic rings. The van der Waals surface area contributed by atoms with Crippen molar-refractivity contribution >= 4 is 17.6 Å². The number of carbonyl (C=O) groups excluding carboxylic acids is 1. The van der Waals surface area contributed by atoms with Gasteiger partial charge in [-0.2, -0.15) is 0 Å². The zero-order valence-corrected chi connectivity index (χ0v) is 12.4. The molecule has 0 aliphatic heterocycles. The fourth-order valence-electron chi connectivity index (χ4n) is 1.83. The normalized spacial score (nSPS) is 13.5. The van der Waals surface area contributed by atoms with Crippen LogP contribution < -0.4 is 0 Å². The minimum atomic E-state index is -0.462. The molecule has 1 atom stereocenters. The van der Waals surface area contributed by atoms with Crippen LogP contribution in [0.1, 0.15) is 46.1 Å². The zero-order chi connectivity index (χ0) is 13.9. The number of ether oxygens (including phenoxy) is 1. The molecule has 18 heavy (non-hydrogen) atoms. The third-order valence-electron chi connectivity index (χ3n) is 2.56. The van der Waals surface area contributed by atoms with Gasteiger partial charge in [0, 0.05) is 5.02 Å². The molecule has 0 saturated heterocycles. The minimum absolute atomic E-state index is 0.181. The Balaban J connectivity index is 2.96. The van der Waals surface area contributed by atoms with E-state index in [0.29, 0.717) is 5.02 Å². The third-order valence-corrected chi connectivity index (χ3v) is 2.81. The largest absolute Gasteiger partial charge is 0.459 e. The van der Waals surface area contributed by atoms with Crippen LogP contribution in [0.15, 0.2) is 24.3 Å². The van der Waals surface area contributed by atoms with Gasteiger partial charge in [0.1, 0.15) is 5.60 Å². The Morgan fingerprint density at radius 3 is 2.06 bits per heavy atom. The highest BCUT2D eigenvalue weighted by molar-refractivity contribution is 6.30. The topological polar surface area (TPSA) is 26.3 Å². The van der Waals surface area contributed by atoms with Gasteiger partial charge in [-0.25, -0.2) is 0 Å². The fourth-order valence-corrected chi connectivity index (χ4v) is 1.95. The number of rotatable bonds is 3. The first-order chi connectivity index (χ1) is 8.20. The number of halogens is 1. The van der Waals surface area contributed by atoms with Crippen molar-refractivity contribution in [3.63, 3.8) is 0 Å². The summed E-state index contributed by atoms with van der Waals surface area (Å²) in [6.07, 6.45) is 0. The average molecular weight is 269 g/mol. The lowest BCUT2D eigenvalue weighted by atomic mass is 9.88. The summed E-state index contributed by atoms with van der Waals surface area (Å²) in [5, 5.41) is 0.672. The molecule has 0 fully saturated rings. The van der Waals surface area contributed by atoms with Crippen molar-refractivity contribution in [2.75, 3.05) is 0 Å². The van der Waals surface area contributed by atoms with Crippen LogP contribution in [-0.4, -0.2) is 11.6 Å². The Hall–Kier alpha value is -1.02. The van der Waals surface area contributed by atoms with Gasteiger partial charge in [-0.3, -0.25) is 4.79 Å². The van der Waals surface area contributed by atoms with Gasteiger partial charge in [-0.1, -0.05) is 37.6 Å². The Bertz CT molecular complexity index is 401. The molecule has 1 aromatic carbocycles. The molecule has 0 spiro atoms. The number of benzene rings is 1. The van der Waals surface area contributed by atoms with Crippen LogP contribution in [0, 0.1) is 5.92 Å². The number of hydrogen-bond donors (Lipinski definition) is 0. The van der Waals surface area contributed by atoms with E-state index < -0.39 is 5.60 Å². The summed E-state index contributed by atoms with van der Waals surface area (Å²) < 4.78 is 5.47. The summed E-state index contributed by atoms with van der Waals surface area (Å²) in [5.74, 6) is -0.248. The molecule has 0 radical (unpaired) electrons. The van der Waals surface area contributed by atoms with Crippen LogP contribution in [0.25, 0.3) is 0 Å². The summed E-state index contributed by atoms with van der Waals surface area (Å²) in [6, 6.07) is 7.38. The van der Waals surface area contributed by atoms with Crippen LogP contribution in [0.2, 0.25) is 5.02 Å². The van der Waals surface area contributed by atoms with E-state index >= 15 is 0 Å². The van der Waals surface area contributed by atoms with E-state index in [1.165, 1.54) is 0 Å². The summed E-state index contributed by atoms with van der Waals surface area (Å²) in [5.41, 5.74) is 0.486. The molecular formula is C15H21ClO2. The molecule has 0 aromatic heterocycles. The van der Waals surface area contributed by atoms with Crippen LogP contribution >= 0.6 is 11.6 Å². The average Bonchev–Trinajstić information content (AvgIpc) is 2.18. The highest BCUT2D eigenvalue weighted by atomic mass is 35.5. The molecule has 1 unspecified atom stereocenters. The molecule has 1 rings (SSSR count). The predicted molar refractivity (Wildman–Crippen MR) is 74.9 cm³/mol. The molecule has 0 aliphatic rings. The first-order valence-electron chi connectivity index (χ1n) is 6.19. The maximum absolute atomic E-state index is 12.2. The van der Waals surface area contributed by atoms with Gasteiger partial charge in [0.05, 0.1) is 5.92 Å². The van der Waals surface area contributed by atoms with Gasteiger partial charge >= 0.3 is 5.97 Å². The second-order valence-corrected chi connectivity index (χ2v) is 6.24. The summed E-state index contributed by atoms with van der Waals surface area (Å²) >= 11 is 5.87. The Kier molecular flexibility index (Phi) is 4.80. The van der Waals surface area contributed by atoms with Crippen molar-refractivity contribution in [3.8, 4) is 0 Å². The van der Waals surface area contributed by atoms with Gasteiger partial charge in [-0.15, -0.1) is 0 Å². The lowest BCUT2D eigenvalue weighted by molar-refractivity contribution is -0.157. The lowest BCUT2D eigenvalue weighted by Gasteiger charge is -2.26. The zero-order valence-electron chi connectivity index (χ0n) is 11.7. The van der Waals surface area contributed by atoms with Crippen molar-refractivity contribution in [1.82, 2.24) is 0 Å². The van der Waals surface area contributed by atoms with Gasteiger partial charge < -0.3 is 4.74 Å². The molecule has 0 N–H and O–H groups in total. The quantitative estimate of drug-likeness (QED) is 0.759. The monoisotopic (exact) mass is 268 g/mol.